The molecule has 1 saturated heterocycles. The summed E-state index contributed by atoms with van der Waals surface area (Å²) < 4.78 is 0. The molecule has 3 fully saturated rings. The molecule has 4 nitrogen and oxygen atoms in total. The summed E-state index contributed by atoms with van der Waals surface area (Å²) in [4.78, 5) is 24.2. The molecule has 4 aliphatic rings. The van der Waals surface area contributed by atoms with Crippen LogP contribution in [0.25, 0.3) is 11.6 Å². The van der Waals surface area contributed by atoms with Gasteiger partial charge >= 0.3 is 0 Å². The van der Waals surface area contributed by atoms with Crippen molar-refractivity contribution in [2.24, 2.45) is 4.99 Å². The molecule has 0 radical (unpaired) electrons. The van der Waals surface area contributed by atoms with Crippen molar-refractivity contribution in [2.45, 2.75) is 110 Å². The van der Waals surface area contributed by atoms with Crippen LogP contribution < -0.4 is 4.90 Å². The third-order valence-electron chi connectivity index (χ3n) is 8.34. The van der Waals surface area contributed by atoms with Crippen LogP contribution in [0.2, 0.25) is 5.02 Å². The highest BCUT2D eigenvalue weighted by molar-refractivity contribution is 8.18. The van der Waals surface area contributed by atoms with Crippen LogP contribution in [-0.2, 0) is 4.79 Å². The number of aliphatic imine (C=N–C) groups is 1. The molecule has 1 amide bonds. The van der Waals surface area contributed by atoms with Crippen LogP contribution in [0.15, 0.2) is 28.1 Å². The summed E-state index contributed by atoms with van der Waals surface area (Å²) in [6.07, 6.45) is 16.2. The maximum Gasteiger partial charge on any atom is 0.267 e. The van der Waals surface area contributed by atoms with Gasteiger partial charge in [0.1, 0.15) is 0 Å². The van der Waals surface area contributed by atoms with Crippen molar-refractivity contribution in [1.82, 2.24) is 4.90 Å². The number of carbonyl (C=O) groups excluding carboxylic acids is 1. The zero-order chi connectivity index (χ0) is 25.4. The van der Waals surface area contributed by atoms with Gasteiger partial charge in [0.05, 0.1) is 16.5 Å². The molecule has 0 spiro atoms. The molecule has 5 rings (SSSR count). The van der Waals surface area contributed by atoms with Gasteiger partial charge in [-0.15, -0.1) is 0 Å². The van der Waals surface area contributed by atoms with Gasteiger partial charge < -0.3 is 4.90 Å². The number of fused-ring (bicyclic) bond motifs is 1. The lowest BCUT2D eigenvalue weighted by molar-refractivity contribution is -0.124. The first-order valence-corrected chi connectivity index (χ1v) is 15.1. The summed E-state index contributed by atoms with van der Waals surface area (Å²) >= 11 is 8.44. The second kappa shape index (κ2) is 10.6. The minimum absolute atomic E-state index is 0.0581. The number of allylic oxidation sites excluding steroid dienone is 1. The molecule has 0 unspecified atom stereocenters. The molecule has 2 aliphatic heterocycles. The molecule has 0 aromatic heterocycles. The van der Waals surface area contributed by atoms with Crippen LogP contribution in [0.4, 0.5) is 5.69 Å². The van der Waals surface area contributed by atoms with Crippen molar-refractivity contribution in [1.29, 1.82) is 0 Å². The minimum atomic E-state index is -0.0581. The molecule has 0 bridgehead atoms. The highest BCUT2D eigenvalue weighted by Gasteiger charge is 2.39. The van der Waals surface area contributed by atoms with Gasteiger partial charge in [0.25, 0.3) is 5.91 Å². The molecule has 1 aromatic carbocycles. The van der Waals surface area contributed by atoms with Gasteiger partial charge in [0, 0.05) is 28.9 Å². The first-order chi connectivity index (χ1) is 17.3. The number of rotatable bonds is 4. The average molecular weight is 526 g/mol. The van der Waals surface area contributed by atoms with E-state index in [2.05, 4.69) is 50.8 Å². The minimum Gasteiger partial charge on any atom is -0.363 e. The van der Waals surface area contributed by atoms with E-state index in [1.165, 1.54) is 55.3 Å². The summed E-state index contributed by atoms with van der Waals surface area (Å²) in [5, 5.41) is 1.62. The fourth-order valence-corrected chi connectivity index (χ4v) is 7.86. The number of halogens is 1. The number of nitrogens with zero attached hydrogens (tertiary/aromatic N) is 3. The number of hydrogen-bond donors (Lipinski definition) is 0. The number of hydrogen-bond acceptors (Lipinski definition) is 4. The fourth-order valence-electron chi connectivity index (χ4n) is 6.55. The van der Waals surface area contributed by atoms with Gasteiger partial charge in [0.15, 0.2) is 5.17 Å². The lowest BCUT2D eigenvalue weighted by Gasteiger charge is -2.43. The number of amides is 1. The molecule has 6 heteroatoms. The van der Waals surface area contributed by atoms with Gasteiger partial charge in [-0.05, 0) is 94.5 Å². The van der Waals surface area contributed by atoms with Crippen molar-refractivity contribution in [2.75, 3.05) is 11.4 Å². The van der Waals surface area contributed by atoms with Gasteiger partial charge in [-0.3, -0.25) is 14.7 Å². The molecule has 0 N–H and O–H groups in total. The van der Waals surface area contributed by atoms with Crippen molar-refractivity contribution < 1.29 is 4.79 Å². The topological polar surface area (TPSA) is 35.9 Å². The number of carbonyl (C=O) groups is 1. The molecular formula is C30H40ClN3OS. The normalized spacial score (nSPS) is 25.6. The Morgan fingerprint density at radius 2 is 1.75 bits per heavy atom. The standard InChI is InChI=1S/C30H40ClN3OS/c1-5-33-26-18-25(31)21(16-24(26)20(2)19-30(33,3)4)17-27-28(35)34(23-14-10-7-11-15-23)29(36-27)32-22-12-8-6-9-13-22/h16-19,22-23H,5-15H2,1-4H3/b27-17+,32-29?. The van der Waals surface area contributed by atoms with Gasteiger partial charge in [0.2, 0.25) is 0 Å². The van der Waals surface area contributed by atoms with Gasteiger partial charge in [-0.25, -0.2) is 0 Å². The quantitative estimate of drug-likeness (QED) is 0.371. The van der Waals surface area contributed by atoms with E-state index < -0.39 is 0 Å². The molecule has 1 aromatic rings. The Kier molecular flexibility index (Phi) is 7.61. The molecule has 2 saturated carbocycles. The molecule has 2 aliphatic carbocycles. The monoisotopic (exact) mass is 525 g/mol. The zero-order valence-electron chi connectivity index (χ0n) is 22.3. The highest BCUT2D eigenvalue weighted by Crippen LogP contribution is 2.43. The summed E-state index contributed by atoms with van der Waals surface area (Å²) in [5.41, 5.74) is 4.48. The maximum absolute atomic E-state index is 13.8. The van der Waals surface area contributed by atoms with Crippen molar-refractivity contribution in [3.63, 3.8) is 0 Å². The second-order valence-corrected chi connectivity index (χ2v) is 12.8. The third-order valence-corrected chi connectivity index (χ3v) is 9.67. The van der Waals surface area contributed by atoms with Crippen molar-refractivity contribution >= 4 is 51.8 Å². The summed E-state index contributed by atoms with van der Waals surface area (Å²) in [7, 11) is 0. The average Bonchev–Trinajstić information content (AvgIpc) is 3.15. The Bertz CT molecular complexity index is 1110. The van der Waals surface area contributed by atoms with Gasteiger partial charge in [-0.1, -0.05) is 56.2 Å². The van der Waals surface area contributed by atoms with Crippen molar-refractivity contribution in [3.8, 4) is 0 Å². The summed E-state index contributed by atoms with van der Waals surface area (Å²) in [5.74, 6) is 0.110. The van der Waals surface area contributed by atoms with E-state index in [0.717, 1.165) is 47.9 Å². The van der Waals surface area contributed by atoms with E-state index in [0.29, 0.717) is 11.1 Å². The van der Waals surface area contributed by atoms with E-state index in [4.69, 9.17) is 16.6 Å². The Morgan fingerprint density at radius 1 is 1.08 bits per heavy atom. The lowest BCUT2D eigenvalue weighted by atomic mass is 9.88. The number of amidine groups is 1. The van der Waals surface area contributed by atoms with Crippen LogP contribution in [0.5, 0.6) is 0 Å². The van der Waals surface area contributed by atoms with Crippen LogP contribution in [0.3, 0.4) is 0 Å². The largest absolute Gasteiger partial charge is 0.363 e. The number of benzene rings is 1. The maximum atomic E-state index is 13.8. The molecular weight excluding hydrogens is 486 g/mol. The van der Waals surface area contributed by atoms with Crippen LogP contribution in [0.1, 0.15) is 103 Å². The van der Waals surface area contributed by atoms with E-state index in [1.807, 2.05) is 11.0 Å². The zero-order valence-corrected chi connectivity index (χ0v) is 23.9. The second-order valence-electron chi connectivity index (χ2n) is 11.4. The number of thioether (sulfide) groups is 1. The smallest absolute Gasteiger partial charge is 0.267 e. The molecule has 194 valence electrons. The Balaban J connectivity index is 1.51. The predicted molar refractivity (Wildman–Crippen MR) is 156 cm³/mol. The Hall–Kier alpha value is -1.72. The van der Waals surface area contributed by atoms with Crippen LogP contribution in [-0.4, -0.2) is 40.1 Å². The van der Waals surface area contributed by atoms with E-state index in [-0.39, 0.29) is 17.5 Å². The van der Waals surface area contributed by atoms with Gasteiger partial charge in [-0.2, -0.15) is 0 Å². The summed E-state index contributed by atoms with van der Waals surface area (Å²) in [6.45, 7) is 9.76. The Labute approximate surface area is 226 Å². The number of likely N-dealkylation sites (N-methyl/N-ethyl adjacent to an activating group) is 1. The first-order valence-electron chi connectivity index (χ1n) is 13.9. The SMILES string of the molecule is CCN1c2cc(Cl)c(/C=C3/SC(=NC4CCCCC4)N(C4CCCCC4)C3=O)cc2C(C)=CC1(C)C. The molecule has 36 heavy (non-hydrogen) atoms. The summed E-state index contributed by atoms with van der Waals surface area (Å²) in [6, 6.07) is 4.88. The Morgan fingerprint density at radius 3 is 2.42 bits per heavy atom. The lowest BCUT2D eigenvalue weighted by Crippen LogP contribution is -2.44. The van der Waals surface area contributed by atoms with E-state index >= 15 is 0 Å². The predicted octanol–water partition coefficient (Wildman–Crippen LogP) is 8.30. The fraction of sp³-hybridized carbons (Fsp3) is 0.600. The van der Waals surface area contributed by atoms with E-state index in [9.17, 15) is 4.79 Å². The van der Waals surface area contributed by atoms with E-state index in [1.54, 1.807) is 11.8 Å². The van der Waals surface area contributed by atoms with Crippen LogP contribution >= 0.6 is 23.4 Å². The first kappa shape index (κ1) is 25.9. The van der Waals surface area contributed by atoms with Crippen LogP contribution in [0, 0.1) is 0 Å². The molecule has 0 atom stereocenters. The third kappa shape index (κ3) is 5.03. The molecule has 2 heterocycles. The number of anilines is 1. The van der Waals surface area contributed by atoms with Crippen molar-refractivity contribution in [3.05, 3.63) is 39.3 Å². The highest BCUT2D eigenvalue weighted by atomic mass is 35.5.